The highest BCUT2D eigenvalue weighted by Crippen LogP contribution is 2.27. The standard InChI is InChI=1S/C15H20N4O2S/c1-7-12(9(3)20)8(2)16-13(7)14(21)10(4)22-15-18-17-11(5)19(15)6/h10,16H,1-6H3/t10-/m1/s1. The van der Waals surface area contributed by atoms with Gasteiger partial charge < -0.3 is 9.55 Å². The number of nitrogens with one attached hydrogen (secondary N) is 1. The van der Waals surface area contributed by atoms with Gasteiger partial charge >= 0.3 is 0 Å². The molecular weight excluding hydrogens is 300 g/mol. The zero-order chi connectivity index (χ0) is 16.6. The lowest BCUT2D eigenvalue weighted by molar-refractivity contribution is 0.0988. The van der Waals surface area contributed by atoms with E-state index in [0.29, 0.717) is 16.4 Å². The molecule has 0 unspecified atom stereocenters. The van der Waals surface area contributed by atoms with E-state index in [9.17, 15) is 9.59 Å². The highest BCUT2D eigenvalue weighted by atomic mass is 32.2. The van der Waals surface area contributed by atoms with Crippen LogP contribution in [0.5, 0.6) is 0 Å². The molecule has 0 aromatic carbocycles. The fourth-order valence-corrected chi connectivity index (χ4v) is 3.35. The van der Waals surface area contributed by atoms with Gasteiger partial charge in [0.25, 0.3) is 0 Å². The Hall–Kier alpha value is -1.89. The van der Waals surface area contributed by atoms with Crippen LogP contribution in [0, 0.1) is 20.8 Å². The first-order chi connectivity index (χ1) is 10.2. The molecule has 0 saturated heterocycles. The van der Waals surface area contributed by atoms with Crippen LogP contribution in [0.25, 0.3) is 0 Å². The zero-order valence-corrected chi connectivity index (χ0v) is 14.5. The molecule has 2 heterocycles. The number of carbonyl (C=O) groups is 2. The van der Waals surface area contributed by atoms with Gasteiger partial charge in [-0.1, -0.05) is 11.8 Å². The Morgan fingerprint density at radius 1 is 1.23 bits per heavy atom. The van der Waals surface area contributed by atoms with Crippen molar-refractivity contribution >= 4 is 23.3 Å². The first-order valence-corrected chi connectivity index (χ1v) is 7.89. The molecule has 2 aromatic heterocycles. The Balaban J connectivity index is 2.26. The van der Waals surface area contributed by atoms with Crippen molar-refractivity contribution < 1.29 is 9.59 Å². The van der Waals surface area contributed by atoms with Crippen LogP contribution in [0.3, 0.4) is 0 Å². The van der Waals surface area contributed by atoms with Gasteiger partial charge in [-0.15, -0.1) is 10.2 Å². The summed E-state index contributed by atoms with van der Waals surface area (Å²) in [6.07, 6.45) is 0. The number of thioether (sulfide) groups is 1. The van der Waals surface area contributed by atoms with Gasteiger partial charge in [0, 0.05) is 18.3 Å². The molecule has 0 aliphatic rings. The number of aryl methyl sites for hydroxylation is 2. The molecule has 2 aromatic rings. The van der Waals surface area contributed by atoms with Crippen molar-refractivity contribution in [2.75, 3.05) is 0 Å². The fraction of sp³-hybridized carbons (Fsp3) is 0.467. The minimum Gasteiger partial charge on any atom is -0.355 e. The predicted molar refractivity (Wildman–Crippen MR) is 85.7 cm³/mol. The molecule has 6 nitrogen and oxygen atoms in total. The second kappa shape index (κ2) is 6.08. The Morgan fingerprint density at radius 3 is 2.32 bits per heavy atom. The first kappa shape index (κ1) is 16.5. The Kier molecular flexibility index (Phi) is 4.55. The molecule has 0 aliphatic heterocycles. The Labute approximate surface area is 133 Å². The predicted octanol–water partition coefficient (Wildman–Crippen LogP) is 2.63. The Morgan fingerprint density at radius 2 is 1.86 bits per heavy atom. The molecule has 22 heavy (non-hydrogen) atoms. The summed E-state index contributed by atoms with van der Waals surface area (Å²) >= 11 is 1.36. The van der Waals surface area contributed by atoms with Crippen molar-refractivity contribution in [3.05, 3.63) is 28.3 Å². The molecule has 0 saturated carbocycles. The first-order valence-electron chi connectivity index (χ1n) is 7.01. The molecule has 1 N–H and O–H groups in total. The summed E-state index contributed by atoms with van der Waals surface area (Å²) in [7, 11) is 1.87. The van der Waals surface area contributed by atoms with E-state index in [1.54, 1.807) is 6.92 Å². The van der Waals surface area contributed by atoms with E-state index >= 15 is 0 Å². The molecule has 0 radical (unpaired) electrons. The summed E-state index contributed by atoms with van der Waals surface area (Å²) < 4.78 is 1.85. The van der Waals surface area contributed by atoms with Crippen molar-refractivity contribution in [3.63, 3.8) is 0 Å². The smallest absolute Gasteiger partial charge is 0.192 e. The number of nitrogens with zero attached hydrogens (tertiary/aromatic N) is 3. The second-order valence-electron chi connectivity index (χ2n) is 5.39. The topological polar surface area (TPSA) is 80.6 Å². The molecule has 118 valence electrons. The van der Waals surface area contributed by atoms with E-state index < -0.39 is 0 Å². The maximum absolute atomic E-state index is 12.7. The lowest BCUT2D eigenvalue weighted by Gasteiger charge is -2.09. The average Bonchev–Trinajstić information content (AvgIpc) is 2.91. The molecule has 2 rings (SSSR count). The van der Waals surface area contributed by atoms with E-state index in [2.05, 4.69) is 15.2 Å². The zero-order valence-electron chi connectivity index (χ0n) is 13.6. The number of aromatic amines is 1. The van der Waals surface area contributed by atoms with Crippen LogP contribution in [0.1, 0.15) is 51.8 Å². The minimum atomic E-state index is -0.321. The normalized spacial score (nSPS) is 12.5. The third-order valence-corrected chi connectivity index (χ3v) is 4.87. The van der Waals surface area contributed by atoms with Crippen LogP contribution in [-0.4, -0.2) is 36.6 Å². The van der Waals surface area contributed by atoms with Crippen LogP contribution >= 0.6 is 11.8 Å². The highest BCUT2D eigenvalue weighted by molar-refractivity contribution is 8.00. The summed E-state index contributed by atoms with van der Waals surface area (Å²) in [5.41, 5.74) is 2.56. The van der Waals surface area contributed by atoms with Crippen LogP contribution in [-0.2, 0) is 7.05 Å². The van der Waals surface area contributed by atoms with Gasteiger partial charge in [0.2, 0.25) is 0 Å². The summed E-state index contributed by atoms with van der Waals surface area (Å²) in [4.78, 5) is 27.4. The van der Waals surface area contributed by atoms with E-state index in [1.165, 1.54) is 18.7 Å². The van der Waals surface area contributed by atoms with Gasteiger partial charge in [-0.05, 0) is 40.2 Å². The number of hydrogen-bond donors (Lipinski definition) is 1. The van der Waals surface area contributed by atoms with Crippen LogP contribution in [0.2, 0.25) is 0 Å². The number of Topliss-reactive ketones (excluding diaryl/α,β-unsaturated/α-hetero) is 2. The van der Waals surface area contributed by atoms with Crippen molar-refractivity contribution in [2.45, 2.75) is 45.0 Å². The largest absolute Gasteiger partial charge is 0.355 e. The molecule has 0 fully saturated rings. The van der Waals surface area contributed by atoms with Crippen molar-refractivity contribution in [2.24, 2.45) is 7.05 Å². The van der Waals surface area contributed by atoms with Crippen molar-refractivity contribution in [1.82, 2.24) is 19.7 Å². The second-order valence-corrected chi connectivity index (χ2v) is 6.70. The Bertz CT molecular complexity index is 745. The maximum atomic E-state index is 12.7. The van der Waals surface area contributed by atoms with Gasteiger partial charge in [0.1, 0.15) is 5.82 Å². The van der Waals surface area contributed by atoms with Crippen LogP contribution in [0.4, 0.5) is 0 Å². The molecule has 7 heteroatoms. The van der Waals surface area contributed by atoms with E-state index in [4.69, 9.17) is 0 Å². The molecule has 1 atom stereocenters. The molecule has 0 spiro atoms. The summed E-state index contributed by atoms with van der Waals surface area (Å²) in [5.74, 6) is 0.723. The molecule has 0 bridgehead atoms. The van der Waals surface area contributed by atoms with Gasteiger partial charge in [-0.2, -0.15) is 0 Å². The average molecular weight is 320 g/mol. The third kappa shape index (κ3) is 2.85. The number of H-pyrrole nitrogens is 1. The highest BCUT2D eigenvalue weighted by Gasteiger charge is 2.25. The van der Waals surface area contributed by atoms with E-state index in [1.807, 2.05) is 32.4 Å². The van der Waals surface area contributed by atoms with Crippen molar-refractivity contribution in [1.29, 1.82) is 0 Å². The van der Waals surface area contributed by atoms with Gasteiger partial charge in [-0.3, -0.25) is 9.59 Å². The summed E-state index contributed by atoms with van der Waals surface area (Å²) in [5, 5.41) is 8.43. The summed E-state index contributed by atoms with van der Waals surface area (Å²) in [6, 6.07) is 0. The van der Waals surface area contributed by atoms with Gasteiger partial charge in [0.05, 0.1) is 10.9 Å². The van der Waals surface area contributed by atoms with Crippen LogP contribution < -0.4 is 0 Å². The lowest BCUT2D eigenvalue weighted by atomic mass is 10.0. The van der Waals surface area contributed by atoms with E-state index in [-0.39, 0.29) is 16.8 Å². The number of hydrogen-bond acceptors (Lipinski definition) is 5. The van der Waals surface area contributed by atoms with Gasteiger partial charge in [-0.25, -0.2) is 0 Å². The molecular formula is C15H20N4O2S. The maximum Gasteiger partial charge on any atom is 0.192 e. The monoisotopic (exact) mass is 320 g/mol. The molecule has 0 amide bonds. The quantitative estimate of drug-likeness (QED) is 0.676. The fourth-order valence-electron chi connectivity index (χ4n) is 2.43. The number of aromatic nitrogens is 4. The number of carbonyl (C=O) groups excluding carboxylic acids is 2. The number of rotatable bonds is 5. The van der Waals surface area contributed by atoms with Crippen molar-refractivity contribution in [3.8, 4) is 0 Å². The van der Waals surface area contributed by atoms with E-state index in [0.717, 1.165) is 17.1 Å². The third-order valence-electron chi connectivity index (χ3n) is 3.74. The SMILES string of the molecule is CC(=O)c1c(C)[nH]c(C(=O)[C@@H](C)Sc2nnc(C)n2C)c1C. The molecule has 0 aliphatic carbocycles. The van der Waals surface area contributed by atoms with Gasteiger partial charge in [0.15, 0.2) is 16.7 Å². The minimum absolute atomic E-state index is 0.0328. The lowest BCUT2D eigenvalue weighted by Crippen LogP contribution is -2.16. The number of ketones is 2. The summed E-state index contributed by atoms with van der Waals surface area (Å²) in [6.45, 7) is 8.82. The van der Waals surface area contributed by atoms with Crippen LogP contribution in [0.15, 0.2) is 5.16 Å².